The quantitative estimate of drug-likeness (QED) is 0.510. The van der Waals surface area contributed by atoms with Gasteiger partial charge in [0.25, 0.3) is 0 Å². The molecule has 1 heterocycles. The van der Waals surface area contributed by atoms with E-state index in [-0.39, 0.29) is 5.91 Å². The van der Waals surface area contributed by atoms with Gasteiger partial charge in [-0.15, -0.1) is 11.3 Å². The van der Waals surface area contributed by atoms with Crippen LogP contribution in [0.5, 0.6) is 0 Å². The summed E-state index contributed by atoms with van der Waals surface area (Å²) in [5, 5.41) is 12.1. The van der Waals surface area contributed by atoms with Crippen molar-refractivity contribution in [2.75, 3.05) is 39.1 Å². The molecule has 0 saturated heterocycles. The average Bonchev–Trinajstić information content (AvgIpc) is 2.98. The molecule has 0 fully saturated rings. The first-order valence-electron chi connectivity index (χ1n) is 7.66. The SMILES string of the molecule is CCNC(=NCc1csc(N(C)C)n1)NCC(C)(C)C(=O)NC. The summed E-state index contributed by atoms with van der Waals surface area (Å²) in [5.41, 5.74) is 0.422. The summed E-state index contributed by atoms with van der Waals surface area (Å²) in [5.74, 6) is 0.680. The van der Waals surface area contributed by atoms with Crippen LogP contribution in [0.1, 0.15) is 26.5 Å². The molecule has 0 radical (unpaired) electrons. The maximum absolute atomic E-state index is 11.8. The van der Waals surface area contributed by atoms with Crippen LogP contribution in [0.25, 0.3) is 0 Å². The fourth-order valence-electron chi connectivity index (χ4n) is 1.80. The van der Waals surface area contributed by atoms with Crippen LogP contribution in [0.15, 0.2) is 10.4 Å². The zero-order chi connectivity index (χ0) is 17.5. The lowest BCUT2D eigenvalue weighted by molar-refractivity contribution is -0.128. The Kier molecular flexibility index (Phi) is 7.28. The monoisotopic (exact) mass is 340 g/mol. The van der Waals surface area contributed by atoms with E-state index in [1.54, 1.807) is 18.4 Å². The highest BCUT2D eigenvalue weighted by atomic mass is 32.1. The number of nitrogens with zero attached hydrogens (tertiary/aromatic N) is 3. The molecule has 0 atom stereocenters. The van der Waals surface area contributed by atoms with Gasteiger partial charge in [0.15, 0.2) is 11.1 Å². The number of amides is 1. The highest BCUT2D eigenvalue weighted by Gasteiger charge is 2.26. The molecule has 7 nitrogen and oxygen atoms in total. The van der Waals surface area contributed by atoms with Crippen LogP contribution in [0.2, 0.25) is 0 Å². The summed E-state index contributed by atoms with van der Waals surface area (Å²) in [7, 11) is 5.59. The van der Waals surface area contributed by atoms with Crippen LogP contribution in [-0.2, 0) is 11.3 Å². The molecule has 130 valence electrons. The number of hydrogen-bond acceptors (Lipinski definition) is 5. The Bertz CT molecular complexity index is 538. The molecule has 0 aliphatic heterocycles. The van der Waals surface area contributed by atoms with E-state index in [2.05, 4.69) is 25.9 Å². The molecule has 0 saturated carbocycles. The largest absolute Gasteiger partial charge is 0.359 e. The lowest BCUT2D eigenvalue weighted by Gasteiger charge is -2.24. The van der Waals surface area contributed by atoms with Crippen molar-refractivity contribution in [3.05, 3.63) is 11.1 Å². The van der Waals surface area contributed by atoms with E-state index >= 15 is 0 Å². The van der Waals surface area contributed by atoms with Crippen molar-refractivity contribution in [3.63, 3.8) is 0 Å². The summed E-state index contributed by atoms with van der Waals surface area (Å²) in [6.45, 7) is 7.55. The van der Waals surface area contributed by atoms with Crippen LogP contribution in [0.4, 0.5) is 5.13 Å². The molecule has 0 unspecified atom stereocenters. The minimum absolute atomic E-state index is 0.00373. The predicted octanol–water partition coefficient (Wildman–Crippen LogP) is 1.04. The fourth-order valence-corrected chi connectivity index (χ4v) is 2.55. The van der Waals surface area contributed by atoms with E-state index in [9.17, 15) is 4.79 Å². The van der Waals surface area contributed by atoms with Crippen molar-refractivity contribution in [2.24, 2.45) is 10.4 Å². The third-order valence-corrected chi connectivity index (χ3v) is 4.26. The average molecular weight is 340 g/mol. The Labute approximate surface area is 142 Å². The molecular weight excluding hydrogens is 312 g/mol. The second-order valence-corrected chi connectivity index (χ2v) is 6.86. The van der Waals surface area contributed by atoms with Crippen molar-refractivity contribution in [1.82, 2.24) is 20.9 Å². The van der Waals surface area contributed by atoms with Crippen molar-refractivity contribution in [1.29, 1.82) is 0 Å². The summed E-state index contributed by atoms with van der Waals surface area (Å²) in [4.78, 5) is 22.8. The summed E-state index contributed by atoms with van der Waals surface area (Å²) < 4.78 is 0. The second-order valence-electron chi connectivity index (χ2n) is 6.03. The summed E-state index contributed by atoms with van der Waals surface area (Å²) in [6.07, 6.45) is 0. The molecule has 1 aromatic heterocycles. The lowest BCUT2D eigenvalue weighted by Crippen LogP contribution is -2.47. The molecule has 1 rings (SSSR count). The molecule has 0 aromatic carbocycles. The van der Waals surface area contributed by atoms with E-state index in [1.165, 1.54) is 0 Å². The highest BCUT2D eigenvalue weighted by Crippen LogP contribution is 2.18. The van der Waals surface area contributed by atoms with Crippen molar-refractivity contribution >= 4 is 28.3 Å². The maximum Gasteiger partial charge on any atom is 0.227 e. The summed E-state index contributed by atoms with van der Waals surface area (Å²) in [6, 6.07) is 0. The molecule has 1 amide bonds. The molecule has 0 spiro atoms. The second kappa shape index (κ2) is 8.71. The minimum atomic E-state index is -0.510. The van der Waals surface area contributed by atoms with Crippen molar-refractivity contribution in [3.8, 4) is 0 Å². The van der Waals surface area contributed by atoms with Gasteiger partial charge in [-0.3, -0.25) is 4.79 Å². The lowest BCUT2D eigenvalue weighted by atomic mass is 9.92. The van der Waals surface area contributed by atoms with Crippen molar-refractivity contribution < 1.29 is 4.79 Å². The van der Waals surface area contributed by atoms with E-state index in [0.717, 1.165) is 17.4 Å². The molecule has 3 N–H and O–H groups in total. The first-order valence-corrected chi connectivity index (χ1v) is 8.54. The van der Waals surface area contributed by atoms with Crippen LogP contribution in [-0.4, -0.2) is 51.1 Å². The molecular formula is C15H28N6OS. The fraction of sp³-hybridized carbons (Fsp3) is 0.667. The van der Waals surface area contributed by atoms with Gasteiger partial charge in [0.1, 0.15) is 0 Å². The number of aliphatic imine (C=N–C) groups is 1. The topological polar surface area (TPSA) is 81.7 Å². The molecule has 0 bridgehead atoms. The van der Waals surface area contributed by atoms with Crippen LogP contribution in [0.3, 0.4) is 0 Å². The Morgan fingerprint density at radius 2 is 2.09 bits per heavy atom. The first-order chi connectivity index (χ1) is 10.8. The number of aromatic nitrogens is 1. The van der Waals surface area contributed by atoms with Gasteiger partial charge < -0.3 is 20.9 Å². The van der Waals surface area contributed by atoms with Gasteiger partial charge in [-0.1, -0.05) is 0 Å². The van der Waals surface area contributed by atoms with Gasteiger partial charge in [0.05, 0.1) is 17.7 Å². The molecule has 8 heteroatoms. The standard InChI is InChI=1S/C15H28N6OS/c1-7-17-13(19-10-15(2,3)12(22)16-4)18-8-11-9-23-14(20-11)21(5)6/h9H,7-8,10H2,1-6H3,(H,16,22)(H2,17,18,19). The van der Waals surface area contributed by atoms with Crippen molar-refractivity contribution in [2.45, 2.75) is 27.3 Å². The smallest absolute Gasteiger partial charge is 0.227 e. The predicted molar refractivity (Wildman–Crippen MR) is 97.1 cm³/mol. The number of carbonyl (C=O) groups excluding carboxylic acids is 1. The van der Waals surface area contributed by atoms with Gasteiger partial charge in [-0.25, -0.2) is 9.98 Å². The highest BCUT2D eigenvalue weighted by molar-refractivity contribution is 7.13. The van der Waals surface area contributed by atoms with Crippen LogP contribution >= 0.6 is 11.3 Å². The van der Waals surface area contributed by atoms with E-state index < -0.39 is 5.41 Å². The normalized spacial score (nSPS) is 12.0. The van der Waals surface area contributed by atoms with Gasteiger partial charge in [0, 0.05) is 39.6 Å². The molecule has 23 heavy (non-hydrogen) atoms. The first kappa shape index (κ1) is 19.2. The van der Waals surface area contributed by atoms with E-state index in [1.807, 2.05) is 45.1 Å². The maximum atomic E-state index is 11.8. The van der Waals surface area contributed by atoms with E-state index in [4.69, 9.17) is 0 Å². The van der Waals surface area contributed by atoms with Gasteiger partial charge >= 0.3 is 0 Å². The number of guanidine groups is 1. The Balaban J connectivity index is 2.67. The number of hydrogen-bond donors (Lipinski definition) is 3. The Morgan fingerprint density at radius 1 is 1.39 bits per heavy atom. The zero-order valence-corrected chi connectivity index (χ0v) is 15.7. The van der Waals surface area contributed by atoms with E-state index in [0.29, 0.717) is 19.0 Å². The van der Waals surface area contributed by atoms with Crippen LogP contribution in [0, 0.1) is 5.41 Å². The number of nitrogens with one attached hydrogen (secondary N) is 3. The van der Waals surface area contributed by atoms with Gasteiger partial charge in [0.2, 0.25) is 5.91 Å². The minimum Gasteiger partial charge on any atom is -0.359 e. The van der Waals surface area contributed by atoms with Gasteiger partial charge in [-0.2, -0.15) is 0 Å². The Morgan fingerprint density at radius 3 is 2.61 bits per heavy atom. The molecule has 0 aliphatic rings. The van der Waals surface area contributed by atoms with Crippen LogP contribution < -0.4 is 20.9 Å². The summed E-state index contributed by atoms with van der Waals surface area (Å²) >= 11 is 1.60. The number of rotatable bonds is 7. The number of thiazole rings is 1. The molecule has 1 aromatic rings. The number of carbonyl (C=O) groups is 1. The Hall–Kier alpha value is -1.83. The number of anilines is 1. The third-order valence-electron chi connectivity index (χ3n) is 3.21. The third kappa shape index (κ3) is 6.05. The molecule has 0 aliphatic carbocycles. The van der Waals surface area contributed by atoms with Gasteiger partial charge in [-0.05, 0) is 20.8 Å². The zero-order valence-electron chi connectivity index (χ0n) is 14.9.